The second-order valence-electron chi connectivity index (χ2n) is 7.77. The first-order chi connectivity index (χ1) is 14.6. The Morgan fingerprint density at radius 1 is 1.20 bits per heavy atom. The van der Waals surface area contributed by atoms with Crippen LogP contribution in [-0.4, -0.2) is 65.2 Å². The van der Waals surface area contributed by atoms with E-state index in [0.29, 0.717) is 12.5 Å². The van der Waals surface area contributed by atoms with Gasteiger partial charge in [-0.05, 0) is 44.0 Å². The first kappa shape index (κ1) is 20.0. The van der Waals surface area contributed by atoms with Crippen molar-refractivity contribution in [1.82, 2.24) is 24.8 Å². The van der Waals surface area contributed by atoms with Gasteiger partial charge in [0.15, 0.2) is 0 Å². The van der Waals surface area contributed by atoms with Crippen LogP contribution in [0.4, 0.5) is 16.4 Å². The van der Waals surface area contributed by atoms with E-state index < -0.39 is 0 Å². The molecule has 30 heavy (non-hydrogen) atoms. The second kappa shape index (κ2) is 8.61. The lowest BCUT2D eigenvalue weighted by Gasteiger charge is -2.32. The molecular formula is C22H29N7O. The number of benzene rings is 1. The molecule has 4 rings (SSSR count). The number of anilines is 2. The normalized spacial score (nSPS) is 14.7. The molecule has 0 spiro atoms. The molecule has 2 N–H and O–H groups in total. The van der Waals surface area contributed by atoms with E-state index in [4.69, 9.17) is 4.98 Å². The van der Waals surface area contributed by atoms with Crippen LogP contribution in [0.3, 0.4) is 0 Å². The number of piperidine rings is 1. The van der Waals surface area contributed by atoms with E-state index in [1.807, 2.05) is 17.9 Å². The molecule has 0 atom stereocenters. The van der Waals surface area contributed by atoms with Gasteiger partial charge in [0.05, 0.1) is 5.52 Å². The van der Waals surface area contributed by atoms with Crippen molar-refractivity contribution in [3.8, 4) is 5.82 Å². The Bertz CT molecular complexity index is 1020. The summed E-state index contributed by atoms with van der Waals surface area (Å²) in [6.07, 6.45) is 5.59. The number of hydrogen-bond acceptors (Lipinski definition) is 5. The van der Waals surface area contributed by atoms with Crippen molar-refractivity contribution >= 4 is 28.6 Å². The molecule has 1 fully saturated rings. The number of nitrogens with one attached hydrogen (secondary N) is 2. The van der Waals surface area contributed by atoms with E-state index in [0.717, 1.165) is 37.3 Å². The Labute approximate surface area is 176 Å². The molecule has 3 aromatic rings. The molecule has 1 aromatic carbocycles. The van der Waals surface area contributed by atoms with E-state index in [1.54, 1.807) is 6.20 Å². The maximum atomic E-state index is 12.0. The zero-order valence-electron chi connectivity index (χ0n) is 17.8. The maximum absolute atomic E-state index is 12.0. The maximum Gasteiger partial charge on any atom is 0.317 e. The van der Waals surface area contributed by atoms with Crippen LogP contribution in [0.25, 0.3) is 16.7 Å². The van der Waals surface area contributed by atoms with Crippen LogP contribution in [0, 0.1) is 0 Å². The molecule has 2 aromatic heterocycles. The lowest BCUT2D eigenvalue weighted by Crippen LogP contribution is -2.46. The highest BCUT2D eigenvalue weighted by Gasteiger charge is 2.23. The summed E-state index contributed by atoms with van der Waals surface area (Å²) in [4.78, 5) is 25.1. The van der Waals surface area contributed by atoms with Crippen LogP contribution in [0.1, 0.15) is 19.8 Å². The smallest absolute Gasteiger partial charge is 0.317 e. The van der Waals surface area contributed by atoms with Gasteiger partial charge in [-0.2, -0.15) is 4.98 Å². The van der Waals surface area contributed by atoms with Gasteiger partial charge < -0.3 is 25.0 Å². The van der Waals surface area contributed by atoms with E-state index in [9.17, 15) is 4.79 Å². The van der Waals surface area contributed by atoms with Gasteiger partial charge in [0.1, 0.15) is 5.82 Å². The third-order valence-corrected chi connectivity index (χ3v) is 5.52. The molecule has 8 heteroatoms. The lowest BCUT2D eigenvalue weighted by atomic mass is 10.1. The van der Waals surface area contributed by atoms with Crippen LogP contribution >= 0.6 is 0 Å². The zero-order chi connectivity index (χ0) is 21.1. The van der Waals surface area contributed by atoms with Gasteiger partial charge in [0.25, 0.3) is 0 Å². The number of carbonyl (C=O) groups excluding carboxylic acids is 1. The number of carbonyl (C=O) groups is 1. The highest BCUT2D eigenvalue weighted by molar-refractivity contribution is 5.93. The predicted molar refractivity (Wildman–Crippen MR) is 120 cm³/mol. The standard InChI is InChI=1S/C22H29N7O/c1-4-23-22(30)28-13-9-16(10-14-28)25-21-24-12-8-20(26-21)29-15-11-17-18(27(2)3)6-5-7-19(17)29/h5-8,11-12,15-16H,4,9-10,13-14H2,1-3H3,(H,23,30)(H,24,25,26). The average Bonchev–Trinajstić information content (AvgIpc) is 3.19. The third kappa shape index (κ3) is 4.03. The fourth-order valence-corrected chi connectivity index (χ4v) is 3.97. The second-order valence-corrected chi connectivity index (χ2v) is 7.77. The van der Waals surface area contributed by atoms with Crippen molar-refractivity contribution in [2.75, 3.05) is 43.9 Å². The summed E-state index contributed by atoms with van der Waals surface area (Å²) in [5.41, 5.74) is 2.29. The number of urea groups is 1. The molecule has 1 saturated heterocycles. The van der Waals surface area contributed by atoms with Crippen molar-refractivity contribution < 1.29 is 4.79 Å². The number of nitrogens with zero attached hydrogens (tertiary/aromatic N) is 5. The fourth-order valence-electron chi connectivity index (χ4n) is 3.97. The summed E-state index contributed by atoms with van der Waals surface area (Å²) in [7, 11) is 4.10. The summed E-state index contributed by atoms with van der Waals surface area (Å²) in [5, 5.41) is 7.50. The molecule has 1 aliphatic rings. The van der Waals surface area contributed by atoms with Gasteiger partial charge >= 0.3 is 6.03 Å². The molecule has 158 valence electrons. The van der Waals surface area contributed by atoms with Crippen molar-refractivity contribution in [1.29, 1.82) is 0 Å². The van der Waals surface area contributed by atoms with Gasteiger partial charge in [-0.15, -0.1) is 0 Å². The molecule has 3 heterocycles. The first-order valence-electron chi connectivity index (χ1n) is 10.5. The Balaban J connectivity index is 1.49. The van der Waals surface area contributed by atoms with Gasteiger partial charge in [-0.1, -0.05) is 6.07 Å². The van der Waals surface area contributed by atoms with Crippen molar-refractivity contribution in [2.24, 2.45) is 0 Å². The molecule has 0 unspecified atom stereocenters. The van der Waals surface area contributed by atoms with E-state index in [2.05, 4.69) is 69.6 Å². The van der Waals surface area contributed by atoms with Crippen LogP contribution in [0.5, 0.6) is 0 Å². The number of aromatic nitrogens is 3. The minimum absolute atomic E-state index is 0.0192. The minimum Gasteiger partial charge on any atom is -0.377 e. The van der Waals surface area contributed by atoms with Crippen molar-refractivity contribution in [3.05, 3.63) is 42.7 Å². The summed E-state index contributed by atoms with van der Waals surface area (Å²) < 4.78 is 2.09. The summed E-state index contributed by atoms with van der Waals surface area (Å²) >= 11 is 0. The Morgan fingerprint density at radius 2 is 2.00 bits per heavy atom. The molecule has 8 nitrogen and oxygen atoms in total. The highest BCUT2D eigenvalue weighted by Crippen LogP contribution is 2.28. The molecule has 2 amide bonds. The van der Waals surface area contributed by atoms with E-state index in [1.165, 1.54) is 11.1 Å². The van der Waals surface area contributed by atoms with Gasteiger partial charge in [-0.25, -0.2) is 9.78 Å². The average molecular weight is 408 g/mol. The minimum atomic E-state index is 0.0192. The van der Waals surface area contributed by atoms with Crippen LogP contribution < -0.4 is 15.5 Å². The highest BCUT2D eigenvalue weighted by atomic mass is 16.2. The quantitative estimate of drug-likeness (QED) is 0.680. The number of fused-ring (bicyclic) bond motifs is 1. The Kier molecular flexibility index (Phi) is 5.74. The number of hydrogen-bond donors (Lipinski definition) is 2. The predicted octanol–water partition coefficient (Wildman–Crippen LogP) is 3.09. The van der Waals surface area contributed by atoms with Gasteiger partial charge in [0, 0.05) is 63.2 Å². The van der Waals surface area contributed by atoms with Crippen molar-refractivity contribution in [3.63, 3.8) is 0 Å². The van der Waals surface area contributed by atoms with E-state index >= 15 is 0 Å². The van der Waals surface area contributed by atoms with Gasteiger partial charge in [0.2, 0.25) is 5.95 Å². The topological polar surface area (TPSA) is 78.3 Å². The lowest BCUT2D eigenvalue weighted by molar-refractivity contribution is 0.184. The molecule has 0 aliphatic carbocycles. The number of likely N-dealkylation sites (tertiary alicyclic amines) is 1. The molecule has 1 aliphatic heterocycles. The number of amides is 2. The third-order valence-electron chi connectivity index (χ3n) is 5.52. The fraction of sp³-hybridized carbons (Fsp3) is 0.409. The Morgan fingerprint density at radius 3 is 2.73 bits per heavy atom. The molecule has 0 saturated carbocycles. The first-order valence-corrected chi connectivity index (χ1v) is 10.5. The summed E-state index contributed by atoms with van der Waals surface area (Å²) in [6.45, 7) is 4.06. The number of rotatable bonds is 5. The molecular weight excluding hydrogens is 378 g/mol. The van der Waals surface area contributed by atoms with Crippen molar-refractivity contribution in [2.45, 2.75) is 25.8 Å². The van der Waals surface area contributed by atoms with Gasteiger partial charge in [-0.3, -0.25) is 0 Å². The van der Waals surface area contributed by atoms with E-state index in [-0.39, 0.29) is 12.1 Å². The van der Waals surface area contributed by atoms with Crippen LogP contribution in [0.2, 0.25) is 0 Å². The van der Waals surface area contributed by atoms with Crippen LogP contribution in [-0.2, 0) is 0 Å². The van der Waals surface area contributed by atoms with Crippen LogP contribution in [0.15, 0.2) is 42.7 Å². The zero-order valence-corrected chi connectivity index (χ0v) is 17.8. The monoisotopic (exact) mass is 407 g/mol. The largest absolute Gasteiger partial charge is 0.377 e. The molecule has 0 radical (unpaired) electrons. The SMILES string of the molecule is CCNC(=O)N1CCC(Nc2nccc(-n3ccc4c(N(C)C)cccc43)n2)CC1. The summed E-state index contributed by atoms with van der Waals surface area (Å²) in [6, 6.07) is 10.6. The Hall–Kier alpha value is -3.29. The molecule has 0 bridgehead atoms. The summed E-state index contributed by atoms with van der Waals surface area (Å²) in [5.74, 6) is 1.45.